The second kappa shape index (κ2) is 8.91. The fourth-order valence-corrected chi connectivity index (χ4v) is 1.59. The maximum Gasteiger partial charge on any atom is 0.328 e. The van der Waals surface area contributed by atoms with Gasteiger partial charge in [0.1, 0.15) is 11.6 Å². The van der Waals surface area contributed by atoms with Crippen molar-refractivity contribution in [3.05, 3.63) is 30.1 Å². The summed E-state index contributed by atoms with van der Waals surface area (Å²) in [6.45, 7) is 0.139. The Kier molecular flexibility index (Phi) is 7.17. The number of nitrogens with one attached hydrogen (secondary N) is 1. The van der Waals surface area contributed by atoms with Crippen LogP contribution >= 0.6 is 0 Å². The number of carbonyl (C=O) groups is 2. The molecule has 2 N–H and O–H groups in total. The summed E-state index contributed by atoms with van der Waals surface area (Å²) in [5.41, 5.74) is 0. The zero-order valence-corrected chi connectivity index (χ0v) is 11.7. The Balaban J connectivity index is 2.25. The van der Waals surface area contributed by atoms with Crippen molar-refractivity contribution in [2.75, 3.05) is 20.3 Å². The summed E-state index contributed by atoms with van der Waals surface area (Å²) >= 11 is 0. The zero-order valence-electron chi connectivity index (χ0n) is 11.7. The van der Waals surface area contributed by atoms with E-state index in [4.69, 9.17) is 14.6 Å². The van der Waals surface area contributed by atoms with Gasteiger partial charge in [0.15, 0.2) is 6.04 Å². The molecule has 1 atom stereocenters. The molecule has 1 aromatic rings. The highest BCUT2D eigenvalue weighted by Gasteiger charge is 2.19. The highest BCUT2D eigenvalue weighted by molar-refractivity contribution is 5.83. The monoisotopic (exact) mass is 299 g/mol. The Morgan fingerprint density at radius 1 is 1.43 bits per heavy atom. The lowest BCUT2D eigenvalue weighted by Crippen LogP contribution is -2.43. The highest BCUT2D eigenvalue weighted by atomic mass is 19.1. The number of rotatable bonds is 9. The molecule has 1 aromatic carbocycles. The van der Waals surface area contributed by atoms with Crippen molar-refractivity contribution < 1.29 is 28.6 Å². The van der Waals surface area contributed by atoms with Crippen molar-refractivity contribution >= 4 is 11.9 Å². The third kappa shape index (κ3) is 6.71. The van der Waals surface area contributed by atoms with Gasteiger partial charge in [-0.3, -0.25) is 4.79 Å². The summed E-state index contributed by atoms with van der Waals surface area (Å²) in [4.78, 5) is 22.4. The molecule has 0 radical (unpaired) electrons. The van der Waals surface area contributed by atoms with E-state index in [-0.39, 0.29) is 19.6 Å². The molecule has 0 heterocycles. The number of amides is 1. The third-order valence-corrected chi connectivity index (χ3v) is 2.58. The molecular formula is C14H18FNO5. The van der Waals surface area contributed by atoms with E-state index >= 15 is 0 Å². The average molecular weight is 299 g/mol. The molecule has 21 heavy (non-hydrogen) atoms. The fraction of sp³-hybridized carbons (Fsp3) is 0.429. The van der Waals surface area contributed by atoms with Gasteiger partial charge in [-0.05, 0) is 18.6 Å². The van der Waals surface area contributed by atoms with Crippen LogP contribution in [0.3, 0.4) is 0 Å². The van der Waals surface area contributed by atoms with Gasteiger partial charge in [0.25, 0.3) is 0 Å². The minimum atomic E-state index is -1.15. The van der Waals surface area contributed by atoms with Crippen molar-refractivity contribution in [3.8, 4) is 5.75 Å². The largest absolute Gasteiger partial charge is 0.493 e. The van der Waals surface area contributed by atoms with E-state index in [0.717, 1.165) is 0 Å². The van der Waals surface area contributed by atoms with Crippen molar-refractivity contribution in [3.63, 3.8) is 0 Å². The van der Waals surface area contributed by atoms with E-state index in [0.29, 0.717) is 12.2 Å². The van der Waals surface area contributed by atoms with Gasteiger partial charge < -0.3 is 19.9 Å². The lowest BCUT2D eigenvalue weighted by Gasteiger charge is -2.13. The van der Waals surface area contributed by atoms with Crippen LogP contribution in [0.5, 0.6) is 5.75 Å². The van der Waals surface area contributed by atoms with Crippen molar-refractivity contribution in [1.29, 1.82) is 0 Å². The second-order valence-electron chi connectivity index (χ2n) is 4.32. The number of aliphatic carboxylic acids is 1. The van der Waals surface area contributed by atoms with E-state index in [9.17, 15) is 14.0 Å². The van der Waals surface area contributed by atoms with Gasteiger partial charge in [0.05, 0.1) is 13.2 Å². The van der Waals surface area contributed by atoms with E-state index in [1.165, 1.54) is 25.3 Å². The topological polar surface area (TPSA) is 84.9 Å². The number of carbonyl (C=O) groups excluding carboxylic acids is 1. The van der Waals surface area contributed by atoms with Crippen LogP contribution in [0.1, 0.15) is 12.8 Å². The van der Waals surface area contributed by atoms with E-state index in [2.05, 4.69) is 5.32 Å². The average Bonchev–Trinajstić information content (AvgIpc) is 2.43. The van der Waals surface area contributed by atoms with Crippen LogP contribution in [0.2, 0.25) is 0 Å². The molecule has 0 aliphatic carbocycles. The first-order valence-electron chi connectivity index (χ1n) is 6.42. The molecule has 7 heteroatoms. The number of carboxylic acids is 1. The number of methoxy groups -OCH3 is 1. The van der Waals surface area contributed by atoms with Crippen LogP contribution in [0.25, 0.3) is 0 Å². The van der Waals surface area contributed by atoms with Crippen LogP contribution in [0, 0.1) is 5.82 Å². The summed E-state index contributed by atoms with van der Waals surface area (Å²) in [6.07, 6.45) is 0.504. The van der Waals surface area contributed by atoms with Gasteiger partial charge in [0.2, 0.25) is 5.91 Å². The number of ether oxygens (including phenoxy) is 2. The Morgan fingerprint density at radius 3 is 2.81 bits per heavy atom. The first-order chi connectivity index (χ1) is 10.0. The Labute approximate surface area is 121 Å². The molecule has 0 saturated heterocycles. The molecule has 116 valence electrons. The Hall–Kier alpha value is -2.15. The normalized spacial score (nSPS) is 11.7. The number of halogens is 1. The standard InChI is InChI=1S/C14H18FNO5/c1-20-9-12(14(18)19)16-13(17)6-3-7-21-11-5-2-4-10(15)8-11/h2,4-5,8,12H,3,6-7,9H2,1H3,(H,16,17)(H,18,19). The van der Waals surface area contributed by atoms with E-state index in [1.54, 1.807) is 6.07 Å². The fourth-order valence-electron chi connectivity index (χ4n) is 1.59. The molecule has 1 amide bonds. The van der Waals surface area contributed by atoms with Crippen LogP contribution < -0.4 is 10.1 Å². The second-order valence-corrected chi connectivity index (χ2v) is 4.32. The van der Waals surface area contributed by atoms with Crippen LogP contribution in [0.15, 0.2) is 24.3 Å². The molecular weight excluding hydrogens is 281 g/mol. The van der Waals surface area contributed by atoms with Gasteiger partial charge in [-0.2, -0.15) is 0 Å². The van der Waals surface area contributed by atoms with Crippen LogP contribution in [-0.4, -0.2) is 43.3 Å². The van der Waals surface area contributed by atoms with Gasteiger partial charge >= 0.3 is 5.97 Å². The minimum Gasteiger partial charge on any atom is -0.493 e. The zero-order chi connectivity index (χ0) is 15.7. The molecule has 1 unspecified atom stereocenters. The van der Waals surface area contributed by atoms with E-state index in [1.807, 2.05) is 0 Å². The molecule has 0 bridgehead atoms. The summed E-state index contributed by atoms with van der Waals surface area (Å²) in [5.74, 6) is -1.56. The summed E-state index contributed by atoms with van der Waals surface area (Å²) in [7, 11) is 1.36. The molecule has 0 aliphatic rings. The summed E-state index contributed by atoms with van der Waals surface area (Å²) < 4.78 is 22.9. The smallest absolute Gasteiger partial charge is 0.328 e. The molecule has 0 aromatic heterocycles. The van der Waals surface area contributed by atoms with Crippen molar-refractivity contribution in [2.45, 2.75) is 18.9 Å². The lowest BCUT2D eigenvalue weighted by molar-refractivity contribution is -0.143. The molecule has 0 spiro atoms. The molecule has 1 rings (SSSR count). The Bertz CT molecular complexity index is 480. The number of carboxylic acid groups (broad SMARTS) is 1. The molecule has 0 fully saturated rings. The Morgan fingerprint density at radius 2 is 2.19 bits per heavy atom. The van der Waals surface area contributed by atoms with Gasteiger partial charge in [-0.1, -0.05) is 6.07 Å². The van der Waals surface area contributed by atoms with Crippen LogP contribution in [0.4, 0.5) is 4.39 Å². The van der Waals surface area contributed by atoms with Crippen LogP contribution in [-0.2, 0) is 14.3 Å². The van der Waals surface area contributed by atoms with Gasteiger partial charge in [0, 0.05) is 19.6 Å². The number of hydrogen-bond donors (Lipinski definition) is 2. The first-order valence-corrected chi connectivity index (χ1v) is 6.42. The number of benzene rings is 1. The van der Waals surface area contributed by atoms with Crippen molar-refractivity contribution in [1.82, 2.24) is 5.32 Å². The van der Waals surface area contributed by atoms with Crippen molar-refractivity contribution in [2.24, 2.45) is 0 Å². The predicted molar refractivity (Wildman–Crippen MR) is 72.6 cm³/mol. The molecule has 0 aliphatic heterocycles. The summed E-state index contributed by atoms with van der Waals surface area (Å²) in [6, 6.07) is 4.63. The first kappa shape index (κ1) is 16.9. The summed E-state index contributed by atoms with van der Waals surface area (Å²) in [5, 5.41) is 11.2. The number of hydrogen-bond acceptors (Lipinski definition) is 4. The van der Waals surface area contributed by atoms with Gasteiger partial charge in [-0.25, -0.2) is 9.18 Å². The molecule has 0 saturated carbocycles. The third-order valence-electron chi connectivity index (χ3n) is 2.58. The maximum absolute atomic E-state index is 12.9. The van der Waals surface area contributed by atoms with E-state index < -0.39 is 23.7 Å². The van der Waals surface area contributed by atoms with Gasteiger partial charge in [-0.15, -0.1) is 0 Å². The predicted octanol–water partition coefficient (Wildman–Crippen LogP) is 1.20. The minimum absolute atomic E-state index is 0.0964. The lowest BCUT2D eigenvalue weighted by atomic mass is 10.2. The molecule has 6 nitrogen and oxygen atoms in total. The SMILES string of the molecule is COCC(NC(=O)CCCOc1cccc(F)c1)C(=O)O. The maximum atomic E-state index is 12.9. The quantitative estimate of drug-likeness (QED) is 0.669. The highest BCUT2D eigenvalue weighted by Crippen LogP contribution is 2.12.